The minimum absolute atomic E-state index is 0.0944. The Morgan fingerprint density at radius 2 is 1.36 bits per heavy atom. The third-order valence-corrected chi connectivity index (χ3v) is 3.88. The van der Waals surface area contributed by atoms with Crippen LogP contribution in [0.4, 0.5) is 4.39 Å². The minimum atomic E-state index is -0.0944. The number of halogens is 1. The summed E-state index contributed by atoms with van der Waals surface area (Å²) in [5, 5.41) is 0. The number of ether oxygens (including phenoxy) is 1. The standard InChI is InChI=1S/C12H15F.C6H6.C3H8O.C2H6/c13-12-8-4-7-11(9-12)10-5-2-1-3-6-10;1-2-4-6-5-3-1;1-3-4-2;1-2/h4,7-10H,1-3,5-6H2;1-6H;3H2,1-2H3;1-2H3. The van der Waals surface area contributed by atoms with Crippen molar-refractivity contribution < 1.29 is 9.13 Å². The van der Waals surface area contributed by atoms with Crippen LogP contribution in [0.3, 0.4) is 0 Å². The van der Waals surface area contributed by atoms with E-state index in [-0.39, 0.29) is 5.82 Å². The lowest BCUT2D eigenvalue weighted by Crippen LogP contribution is -2.04. The molecule has 0 heterocycles. The van der Waals surface area contributed by atoms with Gasteiger partial charge in [-0.15, -0.1) is 0 Å². The van der Waals surface area contributed by atoms with E-state index in [0.717, 1.165) is 6.61 Å². The van der Waals surface area contributed by atoms with Crippen molar-refractivity contribution in [3.63, 3.8) is 0 Å². The van der Waals surface area contributed by atoms with E-state index in [4.69, 9.17) is 0 Å². The Labute approximate surface area is 154 Å². The number of rotatable bonds is 2. The van der Waals surface area contributed by atoms with Gasteiger partial charge in [0.15, 0.2) is 0 Å². The Morgan fingerprint density at radius 1 is 0.880 bits per heavy atom. The van der Waals surface area contributed by atoms with E-state index in [9.17, 15) is 4.39 Å². The molecule has 2 aromatic carbocycles. The van der Waals surface area contributed by atoms with Gasteiger partial charge in [0.05, 0.1) is 0 Å². The second-order valence-electron chi connectivity index (χ2n) is 5.62. The Bertz CT molecular complexity index is 464. The predicted molar refractivity (Wildman–Crippen MR) is 108 cm³/mol. The van der Waals surface area contributed by atoms with E-state index < -0.39 is 0 Å². The molecule has 0 spiro atoms. The summed E-state index contributed by atoms with van der Waals surface area (Å²) in [6, 6.07) is 19.1. The van der Waals surface area contributed by atoms with Crippen molar-refractivity contribution in [3.05, 3.63) is 72.0 Å². The first-order valence-corrected chi connectivity index (χ1v) is 9.52. The molecule has 25 heavy (non-hydrogen) atoms. The highest BCUT2D eigenvalue weighted by Crippen LogP contribution is 2.32. The van der Waals surface area contributed by atoms with Gasteiger partial charge in [-0.1, -0.05) is 81.6 Å². The Balaban J connectivity index is 0.000000401. The molecule has 1 fully saturated rings. The van der Waals surface area contributed by atoms with Crippen LogP contribution < -0.4 is 0 Å². The van der Waals surface area contributed by atoms with E-state index >= 15 is 0 Å². The molecule has 1 aliphatic rings. The number of hydrogen-bond acceptors (Lipinski definition) is 1. The number of benzene rings is 2. The highest BCUT2D eigenvalue weighted by molar-refractivity contribution is 5.20. The zero-order valence-electron chi connectivity index (χ0n) is 16.4. The Morgan fingerprint density at radius 3 is 1.76 bits per heavy atom. The SMILES string of the molecule is CC.CCOC.Fc1cccc(C2CCCCC2)c1.c1ccccc1. The molecule has 1 nitrogen and oxygen atoms in total. The van der Waals surface area contributed by atoms with E-state index in [0.29, 0.717) is 5.92 Å². The summed E-state index contributed by atoms with van der Waals surface area (Å²) in [5.41, 5.74) is 1.19. The molecule has 140 valence electrons. The zero-order chi connectivity index (χ0) is 18.8. The van der Waals surface area contributed by atoms with Crippen LogP contribution in [0.5, 0.6) is 0 Å². The molecule has 0 unspecified atom stereocenters. The molecule has 0 N–H and O–H groups in total. The Hall–Kier alpha value is -1.67. The molecule has 0 aromatic heterocycles. The first-order chi connectivity index (χ1) is 12.3. The number of hydrogen-bond donors (Lipinski definition) is 0. The molecular formula is C23H35FO. The van der Waals surface area contributed by atoms with Crippen molar-refractivity contribution in [2.45, 2.75) is 58.8 Å². The van der Waals surface area contributed by atoms with Crippen LogP contribution in [-0.2, 0) is 4.74 Å². The van der Waals surface area contributed by atoms with Gasteiger partial charge in [0, 0.05) is 13.7 Å². The molecule has 0 saturated heterocycles. The highest BCUT2D eigenvalue weighted by Gasteiger charge is 2.15. The van der Waals surface area contributed by atoms with Crippen molar-refractivity contribution in [3.8, 4) is 0 Å². The molecule has 1 aliphatic carbocycles. The maximum Gasteiger partial charge on any atom is 0.123 e. The lowest BCUT2D eigenvalue weighted by atomic mass is 9.84. The van der Waals surface area contributed by atoms with Crippen LogP contribution in [0.25, 0.3) is 0 Å². The predicted octanol–water partition coefficient (Wildman–Crippen LogP) is 7.24. The van der Waals surface area contributed by atoms with Crippen LogP contribution in [0.15, 0.2) is 60.7 Å². The molecular weight excluding hydrogens is 311 g/mol. The smallest absolute Gasteiger partial charge is 0.123 e. The van der Waals surface area contributed by atoms with Gasteiger partial charge in [0.25, 0.3) is 0 Å². The van der Waals surface area contributed by atoms with Crippen molar-refractivity contribution in [2.24, 2.45) is 0 Å². The Kier molecular flexibility index (Phi) is 16.0. The lowest BCUT2D eigenvalue weighted by molar-refractivity contribution is 0.215. The van der Waals surface area contributed by atoms with Crippen LogP contribution in [-0.4, -0.2) is 13.7 Å². The average Bonchev–Trinajstić information content (AvgIpc) is 2.72. The van der Waals surface area contributed by atoms with Gasteiger partial charge >= 0.3 is 0 Å². The molecule has 3 rings (SSSR count). The van der Waals surface area contributed by atoms with Crippen molar-refractivity contribution in [1.29, 1.82) is 0 Å². The molecule has 0 aliphatic heterocycles. The summed E-state index contributed by atoms with van der Waals surface area (Å²) in [5.74, 6) is 0.521. The summed E-state index contributed by atoms with van der Waals surface area (Å²) >= 11 is 0. The lowest BCUT2D eigenvalue weighted by Gasteiger charge is -2.21. The first kappa shape index (κ1) is 23.3. The van der Waals surface area contributed by atoms with Gasteiger partial charge < -0.3 is 4.74 Å². The van der Waals surface area contributed by atoms with E-state index in [1.165, 1.54) is 43.7 Å². The summed E-state index contributed by atoms with van der Waals surface area (Å²) in [6.45, 7) is 6.78. The van der Waals surface area contributed by atoms with Gasteiger partial charge in [-0.25, -0.2) is 4.39 Å². The van der Waals surface area contributed by atoms with Gasteiger partial charge in [-0.3, -0.25) is 0 Å². The van der Waals surface area contributed by atoms with Gasteiger partial charge in [-0.2, -0.15) is 0 Å². The molecule has 0 bridgehead atoms. The summed E-state index contributed by atoms with van der Waals surface area (Å²) in [7, 11) is 1.68. The molecule has 0 atom stereocenters. The minimum Gasteiger partial charge on any atom is -0.385 e. The fourth-order valence-electron chi connectivity index (χ4n) is 2.58. The molecule has 0 radical (unpaired) electrons. The van der Waals surface area contributed by atoms with Crippen LogP contribution in [0.2, 0.25) is 0 Å². The monoisotopic (exact) mass is 346 g/mol. The average molecular weight is 347 g/mol. The maximum atomic E-state index is 12.9. The normalized spacial score (nSPS) is 13.2. The second kappa shape index (κ2) is 17.2. The zero-order valence-corrected chi connectivity index (χ0v) is 16.4. The van der Waals surface area contributed by atoms with Crippen LogP contribution in [0, 0.1) is 5.82 Å². The van der Waals surface area contributed by atoms with Crippen molar-refractivity contribution >= 4 is 0 Å². The fourth-order valence-corrected chi connectivity index (χ4v) is 2.58. The van der Waals surface area contributed by atoms with E-state index in [1.54, 1.807) is 13.2 Å². The van der Waals surface area contributed by atoms with Gasteiger partial charge in [0.2, 0.25) is 0 Å². The maximum absolute atomic E-state index is 12.9. The summed E-state index contributed by atoms with van der Waals surface area (Å²) in [4.78, 5) is 0. The van der Waals surface area contributed by atoms with Crippen LogP contribution >= 0.6 is 0 Å². The third-order valence-electron chi connectivity index (χ3n) is 3.88. The summed E-state index contributed by atoms with van der Waals surface area (Å²) in [6.07, 6.45) is 6.45. The number of methoxy groups -OCH3 is 1. The fraction of sp³-hybridized carbons (Fsp3) is 0.478. The van der Waals surface area contributed by atoms with E-state index in [2.05, 4.69) is 10.8 Å². The highest BCUT2D eigenvalue weighted by atomic mass is 19.1. The summed E-state index contributed by atoms with van der Waals surface area (Å²) < 4.78 is 17.5. The van der Waals surface area contributed by atoms with Crippen molar-refractivity contribution in [1.82, 2.24) is 0 Å². The van der Waals surface area contributed by atoms with Gasteiger partial charge in [0.1, 0.15) is 5.82 Å². The van der Waals surface area contributed by atoms with E-state index in [1.807, 2.05) is 63.2 Å². The topological polar surface area (TPSA) is 9.23 Å². The largest absolute Gasteiger partial charge is 0.385 e. The van der Waals surface area contributed by atoms with Gasteiger partial charge in [-0.05, 0) is 43.4 Å². The molecule has 2 heteroatoms. The second-order valence-corrected chi connectivity index (χ2v) is 5.62. The third kappa shape index (κ3) is 12.4. The first-order valence-electron chi connectivity index (χ1n) is 9.52. The molecule has 0 amide bonds. The van der Waals surface area contributed by atoms with Crippen molar-refractivity contribution in [2.75, 3.05) is 13.7 Å². The quantitative estimate of drug-likeness (QED) is 0.557. The van der Waals surface area contributed by atoms with Crippen LogP contribution in [0.1, 0.15) is 64.4 Å². The molecule has 2 aromatic rings. The molecule has 1 saturated carbocycles.